The third kappa shape index (κ3) is 4.89. The first-order valence-corrected chi connectivity index (χ1v) is 9.88. The normalized spacial score (nSPS) is 19.5. The molecule has 0 aliphatic carbocycles. The van der Waals surface area contributed by atoms with Gasteiger partial charge in [-0.2, -0.15) is 0 Å². The van der Waals surface area contributed by atoms with Crippen LogP contribution in [0.2, 0.25) is 0 Å². The molecule has 2 rings (SSSR count). The molecule has 1 aromatic heterocycles. The van der Waals surface area contributed by atoms with E-state index in [9.17, 15) is 13.2 Å². The molecule has 7 nitrogen and oxygen atoms in total. The first-order valence-electron chi connectivity index (χ1n) is 8.06. The van der Waals surface area contributed by atoms with E-state index in [1.54, 1.807) is 12.1 Å². The molecule has 1 atom stereocenters. The van der Waals surface area contributed by atoms with Crippen molar-refractivity contribution >= 4 is 27.4 Å². The molecule has 1 amide bonds. The standard InChI is InChI=1S/C15H24N4O3S/c1-3-5-6-15(20)16-13-7-8-14(18-17-13)19(4-2)12-9-10-23(21,22)11-12/h7-8,12H,3-6,9-11H2,1-2H3,(H,16,17,20). The van der Waals surface area contributed by atoms with Gasteiger partial charge in [0.1, 0.15) is 0 Å². The van der Waals surface area contributed by atoms with Crippen LogP contribution in [0.4, 0.5) is 11.6 Å². The fourth-order valence-electron chi connectivity index (χ4n) is 2.72. The summed E-state index contributed by atoms with van der Waals surface area (Å²) >= 11 is 0. The number of hydrogen-bond donors (Lipinski definition) is 1. The van der Waals surface area contributed by atoms with Crippen molar-refractivity contribution in [1.82, 2.24) is 10.2 Å². The molecule has 1 aromatic rings. The SMILES string of the molecule is CCCCC(=O)Nc1ccc(N(CC)C2CCS(=O)(=O)C2)nn1. The zero-order valence-electron chi connectivity index (χ0n) is 13.7. The molecule has 0 bridgehead atoms. The van der Waals surface area contributed by atoms with Crippen LogP contribution in [-0.2, 0) is 14.6 Å². The Morgan fingerprint density at radius 1 is 1.35 bits per heavy atom. The minimum Gasteiger partial charge on any atom is -0.351 e. The van der Waals surface area contributed by atoms with Crippen molar-refractivity contribution in [1.29, 1.82) is 0 Å². The monoisotopic (exact) mass is 340 g/mol. The van der Waals surface area contributed by atoms with E-state index in [4.69, 9.17) is 0 Å². The Labute approximate surface area is 137 Å². The largest absolute Gasteiger partial charge is 0.351 e. The maximum absolute atomic E-state index is 11.7. The van der Waals surface area contributed by atoms with Gasteiger partial charge < -0.3 is 10.2 Å². The number of carbonyl (C=O) groups is 1. The quantitative estimate of drug-likeness (QED) is 0.811. The molecular weight excluding hydrogens is 316 g/mol. The second-order valence-electron chi connectivity index (χ2n) is 5.77. The van der Waals surface area contributed by atoms with Gasteiger partial charge in [-0.3, -0.25) is 4.79 Å². The molecule has 128 valence electrons. The summed E-state index contributed by atoms with van der Waals surface area (Å²) in [4.78, 5) is 13.6. The molecule has 1 unspecified atom stereocenters. The maximum Gasteiger partial charge on any atom is 0.225 e. The van der Waals surface area contributed by atoms with Gasteiger partial charge in [-0.05, 0) is 31.9 Å². The summed E-state index contributed by atoms with van der Waals surface area (Å²) in [5.74, 6) is 1.39. The van der Waals surface area contributed by atoms with Crippen LogP contribution in [0.3, 0.4) is 0 Å². The lowest BCUT2D eigenvalue weighted by Crippen LogP contribution is -2.36. The molecule has 1 saturated heterocycles. The molecule has 1 N–H and O–H groups in total. The predicted octanol–water partition coefficient (Wildman–Crippen LogP) is 1.62. The minimum absolute atomic E-state index is 0.0516. The van der Waals surface area contributed by atoms with Gasteiger partial charge in [-0.15, -0.1) is 10.2 Å². The van der Waals surface area contributed by atoms with E-state index in [2.05, 4.69) is 15.5 Å². The predicted molar refractivity (Wildman–Crippen MR) is 90.3 cm³/mol. The summed E-state index contributed by atoms with van der Waals surface area (Å²) in [6.45, 7) is 4.66. The lowest BCUT2D eigenvalue weighted by Gasteiger charge is -2.27. The first kappa shape index (κ1) is 17.7. The van der Waals surface area contributed by atoms with Crippen molar-refractivity contribution in [3.05, 3.63) is 12.1 Å². The van der Waals surface area contributed by atoms with Gasteiger partial charge in [-0.1, -0.05) is 13.3 Å². The van der Waals surface area contributed by atoms with Crippen LogP contribution in [0.5, 0.6) is 0 Å². The van der Waals surface area contributed by atoms with Crippen molar-refractivity contribution in [2.75, 3.05) is 28.3 Å². The second kappa shape index (κ2) is 7.72. The maximum atomic E-state index is 11.7. The highest BCUT2D eigenvalue weighted by Crippen LogP contribution is 2.22. The number of nitrogens with one attached hydrogen (secondary N) is 1. The molecule has 1 aliphatic heterocycles. The fraction of sp³-hybridized carbons (Fsp3) is 0.667. The van der Waals surface area contributed by atoms with Crippen LogP contribution in [-0.4, -0.2) is 48.6 Å². The minimum atomic E-state index is -2.94. The average molecular weight is 340 g/mol. The molecule has 0 saturated carbocycles. The number of nitrogens with zero attached hydrogens (tertiary/aromatic N) is 3. The Morgan fingerprint density at radius 3 is 2.65 bits per heavy atom. The van der Waals surface area contributed by atoms with Gasteiger partial charge in [0, 0.05) is 19.0 Å². The molecule has 2 heterocycles. The van der Waals surface area contributed by atoms with Crippen LogP contribution in [0.25, 0.3) is 0 Å². The number of hydrogen-bond acceptors (Lipinski definition) is 6. The second-order valence-corrected chi connectivity index (χ2v) is 8.00. The summed E-state index contributed by atoms with van der Waals surface area (Å²) in [7, 11) is -2.94. The van der Waals surface area contributed by atoms with E-state index in [-0.39, 0.29) is 23.5 Å². The van der Waals surface area contributed by atoms with Gasteiger partial charge in [0.15, 0.2) is 21.5 Å². The van der Waals surface area contributed by atoms with Crippen LogP contribution in [0, 0.1) is 0 Å². The first-order chi connectivity index (χ1) is 10.9. The van der Waals surface area contributed by atoms with Crippen molar-refractivity contribution < 1.29 is 13.2 Å². The Kier molecular flexibility index (Phi) is 5.92. The number of rotatable bonds is 7. The molecule has 8 heteroatoms. The van der Waals surface area contributed by atoms with E-state index in [1.165, 1.54) is 0 Å². The van der Waals surface area contributed by atoms with Gasteiger partial charge in [0.25, 0.3) is 0 Å². The van der Waals surface area contributed by atoms with E-state index in [1.807, 2.05) is 18.7 Å². The number of amides is 1. The Bertz CT molecular complexity index is 631. The van der Waals surface area contributed by atoms with Crippen LogP contribution >= 0.6 is 0 Å². The van der Waals surface area contributed by atoms with Crippen molar-refractivity contribution in [2.24, 2.45) is 0 Å². The summed E-state index contributed by atoms with van der Waals surface area (Å²) in [6.07, 6.45) is 2.90. The molecular formula is C15H24N4O3S. The van der Waals surface area contributed by atoms with Crippen LogP contribution in [0.1, 0.15) is 39.5 Å². The molecule has 0 radical (unpaired) electrons. The molecule has 0 aromatic carbocycles. The fourth-order valence-corrected chi connectivity index (χ4v) is 4.45. The molecule has 1 aliphatic rings. The highest BCUT2D eigenvalue weighted by Gasteiger charge is 2.32. The van der Waals surface area contributed by atoms with E-state index in [0.717, 1.165) is 12.8 Å². The average Bonchev–Trinajstić information content (AvgIpc) is 2.87. The summed E-state index contributed by atoms with van der Waals surface area (Å²) < 4.78 is 23.3. The van der Waals surface area contributed by atoms with E-state index in [0.29, 0.717) is 31.0 Å². The van der Waals surface area contributed by atoms with Crippen LogP contribution < -0.4 is 10.2 Å². The topological polar surface area (TPSA) is 92.3 Å². The van der Waals surface area contributed by atoms with Gasteiger partial charge in [0.2, 0.25) is 5.91 Å². The molecule has 23 heavy (non-hydrogen) atoms. The molecule has 0 spiro atoms. The number of anilines is 2. The Balaban J connectivity index is 2.01. The lowest BCUT2D eigenvalue weighted by atomic mass is 10.2. The van der Waals surface area contributed by atoms with E-state index >= 15 is 0 Å². The highest BCUT2D eigenvalue weighted by molar-refractivity contribution is 7.91. The number of unbranched alkanes of at least 4 members (excludes halogenated alkanes) is 1. The van der Waals surface area contributed by atoms with Crippen LogP contribution in [0.15, 0.2) is 12.1 Å². The van der Waals surface area contributed by atoms with Crippen molar-refractivity contribution in [3.63, 3.8) is 0 Å². The number of carbonyl (C=O) groups excluding carboxylic acids is 1. The zero-order valence-corrected chi connectivity index (χ0v) is 14.5. The van der Waals surface area contributed by atoms with Gasteiger partial charge in [-0.25, -0.2) is 8.42 Å². The number of sulfone groups is 1. The summed E-state index contributed by atoms with van der Waals surface area (Å²) in [5.41, 5.74) is 0. The Morgan fingerprint density at radius 2 is 2.13 bits per heavy atom. The van der Waals surface area contributed by atoms with Crippen molar-refractivity contribution in [2.45, 2.75) is 45.6 Å². The van der Waals surface area contributed by atoms with Crippen molar-refractivity contribution in [3.8, 4) is 0 Å². The number of aromatic nitrogens is 2. The summed E-state index contributed by atoms with van der Waals surface area (Å²) in [5, 5.41) is 10.9. The smallest absolute Gasteiger partial charge is 0.225 e. The lowest BCUT2D eigenvalue weighted by molar-refractivity contribution is -0.116. The van der Waals surface area contributed by atoms with E-state index < -0.39 is 9.84 Å². The summed E-state index contributed by atoms with van der Waals surface area (Å²) in [6, 6.07) is 3.43. The molecule has 1 fully saturated rings. The third-order valence-corrected chi connectivity index (χ3v) is 5.71. The highest BCUT2D eigenvalue weighted by atomic mass is 32.2. The third-order valence-electron chi connectivity index (χ3n) is 3.96. The Hall–Kier alpha value is -1.70. The zero-order chi connectivity index (χ0) is 16.9. The van der Waals surface area contributed by atoms with Gasteiger partial charge in [0.05, 0.1) is 11.5 Å². The van der Waals surface area contributed by atoms with Gasteiger partial charge >= 0.3 is 0 Å².